The number of hydrogen-bond donors (Lipinski definition) is 2. The molecule has 3 rings (SSSR count). The summed E-state index contributed by atoms with van der Waals surface area (Å²) >= 11 is 1.83. The van der Waals surface area contributed by atoms with Crippen LogP contribution in [0.2, 0.25) is 0 Å². The van der Waals surface area contributed by atoms with Crippen LogP contribution in [0.1, 0.15) is 37.6 Å². The van der Waals surface area contributed by atoms with Crippen LogP contribution in [0.15, 0.2) is 22.5 Å². The average molecular weight is 566 g/mol. The highest BCUT2D eigenvalue weighted by Crippen LogP contribution is 2.27. The van der Waals surface area contributed by atoms with E-state index in [0.717, 1.165) is 71.3 Å². The molecule has 2 fully saturated rings. The monoisotopic (exact) mass is 565 g/mol. The molecule has 178 valence electrons. The molecule has 0 aromatic carbocycles. The van der Waals surface area contributed by atoms with Gasteiger partial charge in [-0.2, -0.15) is 0 Å². The Labute approximate surface area is 209 Å². The lowest BCUT2D eigenvalue weighted by molar-refractivity contribution is -0.0334. The number of nitrogens with zero attached hydrogens (tertiary/aromatic N) is 3. The molecule has 0 bridgehead atoms. The van der Waals surface area contributed by atoms with Crippen LogP contribution in [-0.2, 0) is 9.47 Å². The molecule has 1 aromatic rings. The fraction of sp³-hybridized carbons (Fsp3) is 0.773. The molecule has 0 aliphatic carbocycles. The van der Waals surface area contributed by atoms with Crippen molar-refractivity contribution in [2.24, 2.45) is 4.99 Å². The lowest BCUT2D eigenvalue weighted by Gasteiger charge is -2.41. The maximum absolute atomic E-state index is 5.77. The summed E-state index contributed by atoms with van der Waals surface area (Å²) in [7, 11) is 4.32. The van der Waals surface area contributed by atoms with Crippen molar-refractivity contribution < 1.29 is 9.47 Å². The standard InChI is InChI=1S/C22H39N5O2S.HI/c1-5-23-21(25-17-22(26(3)4)8-11-28-12-9-22)24-15-19(20-7-6-14-30-20)27-10-13-29-18(2)16-27;/h6-7,14,18-19H,5,8-13,15-17H2,1-4H3,(H2,23,24,25);1H. The molecule has 3 heterocycles. The van der Waals surface area contributed by atoms with Crippen molar-refractivity contribution >= 4 is 41.3 Å². The Kier molecular flexibility index (Phi) is 11.5. The molecule has 1 aromatic heterocycles. The van der Waals surface area contributed by atoms with Crippen LogP contribution in [0.25, 0.3) is 0 Å². The minimum atomic E-state index is 0. The van der Waals surface area contributed by atoms with Gasteiger partial charge in [0.15, 0.2) is 5.96 Å². The van der Waals surface area contributed by atoms with Crippen LogP contribution in [-0.4, -0.2) is 94.0 Å². The molecule has 0 radical (unpaired) electrons. The van der Waals surface area contributed by atoms with E-state index in [0.29, 0.717) is 6.04 Å². The molecule has 7 nitrogen and oxygen atoms in total. The normalized spacial score (nSPS) is 23.3. The zero-order valence-corrected chi connectivity index (χ0v) is 22.6. The summed E-state index contributed by atoms with van der Waals surface area (Å²) in [6, 6.07) is 4.71. The number of thiophene rings is 1. The molecule has 2 saturated heterocycles. The van der Waals surface area contributed by atoms with E-state index in [1.165, 1.54) is 4.88 Å². The van der Waals surface area contributed by atoms with E-state index < -0.39 is 0 Å². The quantitative estimate of drug-likeness (QED) is 0.287. The van der Waals surface area contributed by atoms with Crippen molar-refractivity contribution in [3.05, 3.63) is 22.4 Å². The molecule has 2 N–H and O–H groups in total. The van der Waals surface area contributed by atoms with E-state index >= 15 is 0 Å². The summed E-state index contributed by atoms with van der Waals surface area (Å²) in [4.78, 5) is 11.3. The van der Waals surface area contributed by atoms with E-state index in [-0.39, 0.29) is 35.6 Å². The zero-order valence-electron chi connectivity index (χ0n) is 19.4. The Morgan fingerprint density at radius 3 is 2.71 bits per heavy atom. The summed E-state index contributed by atoms with van der Waals surface area (Å²) in [5.41, 5.74) is 0.0768. The molecule has 2 aliphatic heterocycles. The number of ether oxygens (including phenoxy) is 2. The first kappa shape index (κ1) is 26.8. The van der Waals surface area contributed by atoms with E-state index in [1.807, 2.05) is 11.3 Å². The van der Waals surface area contributed by atoms with Crippen LogP contribution in [0.4, 0.5) is 0 Å². The van der Waals surface area contributed by atoms with Crippen molar-refractivity contribution in [1.29, 1.82) is 0 Å². The van der Waals surface area contributed by atoms with Crippen LogP contribution in [0, 0.1) is 0 Å². The third-order valence-corrected chi connectivity index (χ3v) is 7.27. The Hall–Kier alpha value is -0.460. The Morgan fingerprint density at radius 2 is 2.10 bits per heavy atom. The Bertz CT molecular complexity index is 652. The summed E-state index contributed by atoms with van der Waals surface area (Å²) in [5, 5.41) is 9.23. The fourth-order valence-corrected chi connectivity index (χ4v) is 5.14. The predicted octanol–water partition coefficient (Wildman–Crippen LogP) is 2.79. The molecule has 2 aliphatic rings. The molecule has 2 unspecified atom stereocenters. The smallest absolute Gasteiger partial charge is 0.191 e. The number of nitrogens with one attached hydrogen (secondary N) is 2. The predicted molar refractivity (Wildman–Crippen MR) is 140 cm³/mol. The van der Waals surface area contributed by atoms with Gasteiger partial charge >= 0.3 is 0 Å². The first-order chi connectivity index (χ1) is 14.5. The number of morpholine rings is 1. The molecule has 0 amide bonds. The van der Waals surface area contributed by atoms with E-state index in [9.17, 15) is 0 Å². The number of aliphatic imine (C=N–C) groups is 1. The van der Waals surface area contributed by atoms with Gasteiger partial charge in [-0.1, -0.05) is 6.07 Å². The van der Waals surface area contributed by atoms with Gasteiger partial charge in [0.2, 0.25) is 0 Å². The highest BCUT2D eigenvalue weighted by Gasteiger charge is 2.35. The summed E-state index contributed by atoms with van der Waals surface area (Å²) in [5.74, 6) is 0.896. The number of likely N-dealkylation sites (N-methyl/N-ethyl adjacent to an activating group) is 1. The van der Waals surface area contributed by atoms with Crippen molar-refractivity contribution in [3.63, 3.8) is 0 Å². The van der Waals surface area contributed by atoms with Crippen molar-refractivity contribution in [3.8, 4) is 0 Å². The van der Waals surface area contributed by atoms with Gasteiger partial charge in [0, 0.05) is 49.8 Å². The maximum atomic E-state index is 5.77. The van der Waals surface area contributed by atoms with Crippen molar-refractivity contribution in [2.45, 2.75) is 44.4 Å². The van der Waals surface area contributed by atoms with Gasteiger partial charge in [-0.05, 0) is 52.2 Å². The van der Waals surface area contributed by atoms with E-state index in [1.54, 1.807) is 0 Å². The van der Waals surface area contributed by atoms with Gasteiger partial charge in [-0.25, -0.2) is 0 Å². The number of hydrogen-bond acceptors (Lipinski definition) is 6. The molecule has 9 heteroatoms. The Balaban J connectivity index is 0.00000341. The second-order valence-corrected chi connectivity index (χ2v) is 9.49. The summed E-state index contributed by atoms with van der Waals surface area (Å²) < 4.78 is 11.4. The summed E-state index contributed by atoms with van der Waals surface area (Å²) in [6.45, 7) is 11.1. The molecule has 31 heavy (non-hydrogen) atoms. The van der Waals surface area contributed by atoms with Crippen molar-refractivity contribution in [1.82, 2.24) is 20.4 Å². The lowest BCUT2D eigenvalue weighted by Crippen LogP contribution is -2.52. The molecule has 0 spiro atoms. The third kappa shape index (κ3) is 7.53. The molecular weight excluding hydrogens is 525 g/mol. The van der Waals surface area contributed by atoms with Crippen molar-refractivity contribution in [2.75, 3.05) is 66.6 Å². The first-order valence-corrected chi connectivity index (χ1v) is 12.1. The number of halogens is 1. The minimum Gasteiger partial charge on any atom is -0.381 e. The van der Waals surface area contributed by atoms with Gasteiger partial charge in [0.25, 0.3) is 0 Å². The molecule has 2 atom stereocenters. The van der Waals surface area contributed by atoms with E-state index in [4.69, 9.17) is 14.5 Å². The van der Waals surface area contributed by atoms with Crippen LogP contribution in [0.3, 0.4) is 0 Å². The van der Waals surface area contributed by atoms with Gasteiger partial charge < -0.3 is 25.0 Å². The second-order valence-electron chi connectivity index (χ2n) is 8.51. The van der Waals surface area contributed by atoms with Gasteiger partial charge in [-0.3, -0.25) is 9.89 Å². The average Bonchev–Trinajstić information content (AvgIpc) is 3.27. The van der Waals surface area contributed by atoms with Gasteiger partial charge in [-0.15, -0.1) is 35.3 Å². The molecule has 0 saturated carbocycles. The number of rotatable bonds is 8. The zero-order chi connectivity index (χ0) is 21.4. The van der Waals surface area contributed by atoms with Crippen LogP contribution < -0.4 is 10.6 Å². The van der Waals surface area contributed by atoms with E-state index in [2.05, 4.69) is 65.9 Å². The second kappa shape index (κ2) is 13.3. The topological polar surface area (TPSA) is 61.4 Å². The highest BCUT2D eigenvalue weighted by molar-refractivity contribution is 14.0. The summed E-state index contributed by atoms with van der Waals surface area (Å²) in [6.07, 6.45) is 2.32. The fourth-order valence-electron chi connectivity index (χ4n) is 4.28. The highest BCUT2D eigenvalue weighted by atomic mass is 127. The minimum absolute atomic E-state index is 0. The van der Waals surface area contributed by atoms with Crippen LogP contribution >= 0.6 is 35.3 Å². The molecular formula is C22H40IN5O2S. The third-order valence-electron chi connectivity index (χ3n) is 6.30. The maximum Gasteiger partial charge on any atom is 0.191 e. The lowest BCUT2D eigenvalue weighted by atomic mass is 9.89. The number of guanidine groups is 1. The Morgan fingerprint density at radius 1 is 1.32 bits per heavy atom. The first-order valence-electron chi connectivity index (χ1n) is 11.2. The largest absolute Gasteiger partial charge is 0.381 e. The SMILES string of the molecule is CCNC(=NCC1(N(C)C)CCOCC1)NCC(c1cccs1)N1CCOC(C)C1.I. The van der Waals surface area contributed by atoms with Gasteiger partial charge in [0.1, 0.15) is 0 Å². The van der Waals surface area contributed by atoms with Crippen LogP contribution in [0.5, 0.6) is 0 Å². The van der Waals surface area contributed by atoms with Gasteiger partial charge in [0.05, 0.1) is 25.3 Å².